The Morgan fingerprint density at radius 2 is 2.18 bits per heavy atom. The van der Waals surface area contributed by atoms with E-state index in [1.165, 1.54) is 6.33 Å². The van der Waals surface area contributed by atoms with Crippen molar-refractivity contribution < 1.29 is 18.0 Å². The lowest BCUT2D eigenvalue weighted by Gasteiger charge is -2.11. The van der Waals surface area contributed by atoms with Crippen molar-refractivity contribution >= 4 is 35.0 Å². The van der Waals surface area contributed by atoms with Crippen LogP contribution in [0.5, 0.6) is 0 Å². The molecule has 118 valence electrons. The lowest BCUT2D eigenvalue weighted by molar-refractivity contribution is -0.137. The zero-order valence-electron chi connectivity index (χ0n) is 11.2. The molecule has 0 radical (unpaired) electrons. The fourth-order valence-corrected chi connectivity index (χ4v) is 2.37. The van der Waals surface area contributed by atoms with Crippen molar-refractivity contribution in [3.63, 3.8) is 0 Å². The van der Waals surface area contributed by atoms with Crippen LogP contribution in [0.25, 0.3) is 0 Å². The SMILES string of the molecule is Cn1cnnc1SCC(=O)Nc1cc(C(F)(F)F)ccc1Cl. The van der Waals surface area contributed by atoms with Crippen LogP contribution >= 0.6 is 23.4 Å². The van der Waals surface area contributed by atoms with E-state index in [9.17, 15) is 18.0 Å². The average molecular weight is 351 g/mol. The van der Waals surface area contributed by atoms with Crippen molar-refractivity contribution in [1.29, 1.82) is 0 Å². The lowest BCUT2D eigenvalue weighted by Crippen LogP contribution is -2.15. The number of alkyl halides is 3. The third-order valence-electron chi connectivity index (χ3n) is 2.57. The Labute approximate surface area is 132 Å². The molecular weight excluding hydrogens is 341 g/mol. The molecule has 1 amide bonds. The highest BCUT2D eigenvalue weighted by molar-refractivity contribution is 7.99. The van der Waals surface area contributed by atoms with Gasteiger partial charge in [0.25, 0.3) is 0 Å². The number of aromatic nitrogens is 3. The summed E-state index contributed by atoms with van der Waals surface area (Å²) in [4.78, 5) is 11.8. The predicted octanol–water partition coefficient (Wildman–Crippen LogP) is 3.22. The van der Waals surface area contributed by atoms with E-state index in [1.807, 2.05) is 0 Å². The number of anilines is 1. The minimum Gasteiger partial charge on any atom is -0.324 e. The number of hydrogen-bond acceptors (Lipinski definition) is 4. The van der Waals surface area contributed by atoms with Crippen LogP contribution in [0.3, 0.4) is 0 Å². The molecule has 0 saturated carbocycles. The lowest BCUT2D eigenvalue weighted by atomic mass is 10.2. The third-order valence-corrected chi connectivity index (χ3v) is 3.93. The van der Waals surface area contributed by atoms with Crippen LogP contribution in [0.4, 0.5) is 18.9 Å². The van der Waals surface area contributed by atoms with Gasteiger partial charge in [-0.15, -0.1) is 10.2 Å². The van der Waals surface area contributed by atoms with Crippen molar-refractivity contribution in [3.05, 3.63) is 35.1 Å². The summed E-state index contributed by atoms with van der Waals surface area (Å²) in [6, 6.07) is 2.75. The van der Waals surface area contributed by atoms with E-state index in [-0.39, 0.29) is 16.5 Å². The minimum atomic E-state index is -4.50. The summed E-state index contributed by atoms with van der Waals surface area (Å²) in [6.07, 6.45) is -3.03. The Morgan fingerprint density at radius 3 is 2.77 bits per heavy atom. The number of amides is 1. The average Bonchev–Trinajstić information content (AvgIpc) is 2.83. The Bertz CT molecular complexity index is 689. The van der Waals surface area contributed by atoms with Gasteiger partial charge in [-0.05, 0) is 18.2 Å². The van der Waals surface area contributed by atoms with Gasteiger partial charge in [0, 0.05) is 7.05 Å². The van der Waals surface area contributed by atoms with Crippen molar-refractivity contribution in [2.24, 2.45) is 7.05 Å². The summed E-state index contributed by atoms with van der Waals surface area (Å²) in [6.45, 7) is 0. The Kier molecular flexibility index (Phi) is 4.97. The maximum atomic E-state index is 12.6. The first-order valence-electron chi connectivity index (χ1n) is 5.91. The largest absolute Gasteiger partial charge is 0.416 e. The number of nitrogens with one attached hydrogen (secondary N) is 1. The highest BCUT2D eigenvalue weighted by Crippen LogP contribution is 2.33. The summed E-state index contributed by atoms with van der Waals surface area (Å²) in [5.74, 6) is -0.520. The molecule has 22 heavy (non-hydrogen) atoms. The van der Waals surface area contributed by atoms with E-state index < -0.39 is 17.6 Å². The van der Waals surface area contributed by atoms with Crippen molar-refractivity contribution in [2.45, 2.75) is 11.3 Å². The number of nitrogens with zero attached hydrogens (tertiary/aromatic N) is 3. The van der Waals surface area contributed by atoms with Gasteiger partial charge in [-0.25, -0.2) is 0 Å². The molecule has 0 atom stereocenters. The number of aryl methyl sites for hydroxylation is 1. The van der Waals surface area contributed by atoms with Gasteiger partial charge in [0.05, 0.1) is 22.0 Å². The van der Waals surface area contributed by atoms with Crippen molar-refractivity contribution in [1.82, 2.24) is 14.8 Å². The van der Waals surface area contributed by atoms with Gasteiger partial charge < -0.3 is 9.88 Å². The predicted molar refractivity (Wildman–Crippen MR) is 76.8 cm³/mol. The normalized spacial score (nSPS) is 11.5. The van der Waals surface area contributed by atoms with Gasteiger partial charge >= 0.3 is 6.18 Å². The quantitative estimate of drug-likeness (QED) is 0.860. The number of thioether (sulfide) groups is 1. The molecule has 0 unspecified atom stereocenters. The Hall–Kier alpha value is -1.74. The van der Waals surface area contributed by atoms with Crippen LogP contribution in [-0.2, 0) is 18.0 Å². The molecule has 0 aliphatic carbocycles. The summed E-state index contributed by atoms with van der Waals surface area (Å²) < 4.78 is 39.5. The van der Waals surface area contributed by atoms with Crippen LogP contribution in [-0.4, -0.2) is 26.4 Å². The van der Waals surface area contributed by atoms with Crippen molar-refractivity contribution in [3.8, 4) is 0 Å². The first-order chi connectivity index (χ1) is 10.3. The molecule has 1 aromatic carbocycles. The smallest absolute Gasteiger partial charge is 0.324 e. The van der Waals surface area contributed by atoms with Crippen LogP contribution < -0.4 is 5.32 Å². The molecule has 0 aliphatic heterocycles. The molecule has 0 saturated heterocycles. The topological polar surface area (TPSA) is 59.8 Å². The number of hydrogen-bond donors (Lipinski definition) is 1. The highest BCUT2D eigenvalue weighted by atomic mass is 35.5. The molecular formula is C12H10ClF3N4OS. The molecule has 5 nitrogen and oxygen atoms in total. The maximum absolute atomic E-state index is 12.6. The zero-order valence-corrected chi connectivity index (χ0v) is 12.8. The van der Waals surface area contributed by atoms with Gasteiger partial charge in [-0.3, -0.25) is 4.79 Å². The summed E-state index contributed by atoms with van der Waals surface area (Å²) >= 11 is 6.91. The maximum Gasteiger partial charge on any atom is 0.416 e. The number of rotatable bonds is 4. The highest BCUT2D eigenvalue weighted by Gasteiger charge is 2.31. The fourth-order valence-electron chi connectivity index (χ4n) is 1.52. The number of carbonyl (C=O) groups is 1. The molecule has 0 fully saturated rings. The minimum absolute atomic E-state index is 0.0287. The van der Waals surface area contributed by atoms with E-state index in [4.69, 9.17) is 11.6 Å². The molecule has 10 heteroatoms. The fraction of sp³-hybridized carbons (Fsp3) is 0.250. The molecule has 1 aromatic heterocycles. The molecule has 0 bridgehead atoms. The monoisotopic (exact) mass is 350 g/mol. The van der Waals surface area contributed by atoms with Crippen LogP contribution in [0.1, 0.15) is 5.56 Å². The van der Waals surface area contributed by atoms with Crippen LogP contribution in [0.15, 0.2) is 29.7 Å². The number of halogens is 4. The van der Waals surface area contributed by atoms with Gasteiger partial charge in [0.2, 0.25) is 5.91 Å². The summed E-state index contributed by atoms with van der Waals surface area (Å²) in [7, 11) is 1.71. The van der Waals surface area contributed by atoms with E-state index in [2.05, 4.69) is 15.5 Å². The summed E-state index contributed by atoms with van der Waals surface area (Å²) in [5.41, 5.74) is -0.965. The third kappa shape index (κ3) is 4.14. The standard InChI is InChI=1S/C12H10ClF3N4OS/c1-20-6-17-19-11(20)22-5-10(21)18-9-4-7(12(14,15)16)2-3-8(9)13/h2-4,6H,5H2,1H3,(H,18,21). The van der Waals surface area contributed by atoms with Gasteiger partial charge in [0.1, 0.15) is 6.33 Å². The first kappa shape index (κ1) is 16.6. The van der Waals surface area contributed by atoms with E-state index >= 15 is 0 Å². The number of benzene rings is 1. The van der Waals surface area contributed by atoms with Crippen LogP contribution in [0.2, 0.25) is 5.02 Å². The second-order valence-electron chi connectivity index (χ2n) is 4.25. The van der Waals surface area contributed by atoms with Crippen LogP contribution in [0, 0.1) is 0 Å². The molecule has 2 aromatic rings. The molecule has 1 heterocycles. The molecule has 0 spiro atoms. The van der Waals surface area contributed by atoms with Gasteiger partial charge in [0.15, 0.2) is 5.16 Å². The molecule has 0 aliphatic rings. The van der Waals surface area contributed by atoms with Gasteiger partial charge in [-0.2, -0.15) is 13.2 Å². The van der Waals surface area contributed by atoms with Gasteiger partial charge in [-0.1, -0.05) is 23.4 Å². The second-order valence-corrected chi connectivity index (χ2v) is 5.60. The van der Waals surface area contributed by atoms with E-state index in [0.29, 0.717) is 5.16 Å². The van der Waals surface area contributed by atoms with E-state index in [1.54, 1.807) is 11.6 Å². The van der Waals surface area contributed by atoms with Crippen molar-refractivity contribution in [2.75, 3.05) is 11.1 Å². The first-order valence-corrected chi connectivity index (χ1v) is 7.27. The molecule has 1 N–H and O–H groups in total. The Balaban J connectivity index is 2.03. The summed E-state index contributed by atoms with van der Waals surface area (Å²) in [5, 5.41) is 10.3. The zero-order chi connectivity index (χ0) is 16.3. The Morgan fingerprint density at radius 1 is 1.45 bits per heavy atom. The molecule has 2 rings (SSSR count). The second kappa shape index (κ2) is 6.57. The van der Waals surface area contributed by atoms with E-state index in [0.717, 1.165) is 30.0 Å². The number of carbonyl (C=O) groups excluding carboxylic acids is 1.